The molecule has 2 aromatic carbocycles. The van der Waals surface area contributed by atoms with E-state index >= 15 is 0 Å². The Labute approximate surface area is 172 Å². The number of rotatable bonds is 6. The number of pyridine rings is 1. The van der Waals surface area contributed by atoms with Crippen molar-refractivity contribution < 1.29 is 13.9 Å². The number of Topliss-reactive ketones (excluding diaryl/α,β-unsaturated/α-hetero) is 1. The van der Waals surface area contributed by atoms with Crippen molar-refractivity contribution in [3.05, 3.63) is 101 Å². The predicted molar refractivity (Wildman–Crippen MR) is 111 cm³/mol. The summed E-state index contributed by atoms with van der Waals surface area (Å²) in [5.41, 5.74) is 2.47. The number of nitrogens with zero attached hydrogens (tertiary/aromatic N) is 2. The third-order valence-corrected chi connectivity index (χ3v) is 4.57. The second-order valence-electron chi connectivity index (χ2n) is 6.61. The highest BCUT2D eigenvalue weighted by atomic mass is 19.1. The van der Waals surface area contributed by atoms with E-state index in [1.807, 2.05) is 18.2 Å². The highest BCUT2D eigenvalue weighted by Crippen LogP contribution is 2.23. The van der Waals surface area contributed by atoms with Crippen molar-refractivity contribution in [2.45, 2.75) is 6.61 Å². The SMILES string of the molecule is N#C/C(=C\c1ccc(OCc2cccnc2)cc1)C(=O)c1c[nH]c2cc(F)ccc12. The van der Waals surface area contributed by atoms with Gasteiger partial charge >= 0.3 is 0 Å². The Kier molecular flexibility index (Phi) is 5.35. The summed E-state index contributed by atoms with van der Waals surface area (Å²) >= 11 is 0. The molecule has 0 unspecified atom stereocenters. The minimum absolute atomic E-state index is 0.00995. The molecule has 0 radical (unpaired) electrons. The summed E-state index contributed by atoms with van der Waals surface area (Å²) in [6, 6.07) is 16.9. The lowest BCUT2D eigenvalue weighted by Crippen LogP contribution is -2.01. The quantitative estimate of drug-likeness (QED) is 0.280. The van der Waals surface area contributed by atoms with Gasteiger partial charge < -0.3 is 9.72 Å². The van der Waals surface area contributed by atoms with Gasteiger partial charge in [-0.25, -0.2) is 4.39 Å². The molecule has 0 bridgehead atoms. The van der Waals surface area contributed by atoms with E-state index in [9.17, 15) is 14.4 Å². The fourth-order valence-corrected chi connectivity index (χ4v) is 3.06. The highest BCUT2D eigenvalue weighted by molar-refractivity contribution is 6.19. The van der Waals surface area contributed by atoms with Crippen molar-refractivity contribution >= 4 is 22.8 Å². The van der Waals surface area contributed by atoms with Gasteiger partial charge in [0.1, 0.15) is 29.8 Å². The van der Waals surface area contributed by atoms with E-state index < -0.39 is 11.6 Å². The number of ketones is 1. The van der Waals surface area contributed by atoms with E-state index in [0.29, 0.717) is 34.4 Å². The van der Waals surface area contributed by atoms with Crippen LogP contribution in [0, 0.1) is 17.1 Å². The second kappa shape index (κ2) is 8.41. The van der Waals surface area contributed by atoms with Crippen molar-refractivity contribution in [1.29, 1.82) is 5.26 Å². The van der Waals surface area contributed by atoms with Gasteiger partial charge in [0.25, 0.3) is 0 Å². The van der Waals surface area contributed by atoms with Gasteiger partial charge in [0.2, 0.25) is 5.78 Å². The summed E-state index contributed by atoms with van der Waals surface area (Å²) in [5.74, 6) is -0.156. The standard InChI is InChI=1S/C24H16FN3O2/c25-19-5-8-21-22(14-28-23(21)11-19)24(29)18(12-26)10-16-3-6-20(7-4-16)30-15-17-2-1-9-27-13-17/h1-11,13-14,28H,15H2/b18-10+. The van der Waals surface area contributed by atoms with Gasteiger partial charge in [0.05, 0.1) is 0 Å². The van der Waals surface area contributed by atoms with Crippen LogP contribution < -0.4 is 4.74 Å². The third kappa shape index (κ3) is 4.10. The van der Waals surface area contributed by atoms with E-state index in [2.05, 4.69) is 9.97 Å². The number of H-pyrrole nitrogens is 1. The average Bonchev–Trinajstić information content (AvgIpc) is 3.20. The van der Waals surface area contributed by atoms with Crippen LogP contribution in [0.4, 0.5) is 4.39 Å². The fraction of sp³-hybridized carbons (Fsp3) is 0.0417. The number of ether oxygens (including phenoxy) is 1. The summed E-state index contributed by atoms with van der Waals surface area (Å²) in [6.45, 7) is 0.395. The van der Waals surface area contributed by atoms with E-state index in [1.165, 1.54) is 30.5 Å². The largest absolute Gasteiger partial charge is 0.489 e. The molecule has 0 spiro atoms. The summed E-state index contributed by atoms with van der Waals surface area (Å²) in [4.78, 5) is 19.7. The molecule has 0 aliphatic heterocycles. The molecule has 0 aliphatic carbocycles. The monoisotopic (exact) mass is 397 g/mol. The van der Waals surface area contributed by atoms with Gasteiger partial charge in [-0.15, -0.1) is 0 Å². The lowest BCUT2D eigenvalue weighted by molar-refractivity contribution is 0.104. The number of allylic oxidation sites excluding steroid dienone is 1. The summed E-state index contributed by atoms with van der Waals surface area (Å²) in [7, 11) is 0. The molecule has 5 nitrogen and oxygen atoms in total. The maximum atomic E-state index is 13.4. The number of nitriles is 1. The fourth-order valence-electron chi connectivity index (χ4n) is 3.06. The molecule has 30 heavy (non-hydrogen) atoms. The molecule has 0 atom stereocenters. The lowest BCUT2D eigenvalue weighted by atomic mass is 10.0. The zero-order valence-electron chi connectivity index (χ0n) is 15.8. The Bertz CT molecular complexity index is 1270. The van der Waals surface area contributed by atoms with Crippen molar-refractivity contribution in [2.75, 3.05) is 0 Å². The highest BCUT2D eigenvalue weighted by Gasteiger charge is 2.17. The first-order valence-corrected chi connectivity index (χ1v) is 9.19. The number of halogens is 1. The van der Waals surface area contributed by atoms with Crippen LogP contribution in [-0.4, -0.2) is 15.8 Å². The van der Waals surface area contributed by atoms with Gasteiger partial charge in [-0.2, -0.15) is 5.26 Å². The maximum Gasteiger partial charge on any atom is 0.205 e. The minimum Gasteiger partial charge on any atom is -0.489 e. The number of benzene rings is 2. The summed E-state index contributed by atoms with van der Waals surface area (Å²) in [6.07, 6.45) is 6.46. The van der Waals surface area contributed by atoms with Crippen molar-refractivity contribution in [1.82, 2.24) is 9.97 Å². The predicted octanol–water partition coefficient (Wildman–Crippen LogP) is 5.07. The van der Waals surface area contributed by atoms with Crippen LogP contribution in [-0.2, 0) is 6.61 Å². The Morgan fingerprint density at radius 2 is 2.03 bits per heavy atom. The molecular weight excluding hydrogens is 381 g/mol. The molecule has 1 N–H and O–H groups in total. The molecule has 0 saturated carbocycles. The number of carbonyl (C=O) groups is 1. The van der Waals surface area contributed by atoms with E-state index in [0.717, 1.165) is 5.56 Å². The van der Waals surface area contributed by atoms with Crippen LogP contribution in [0.2, 0.25) is 0 Å². The zero-order valence-corrected chi connectivity index (χ0v) is 15.8. The summed E-state index contributed by atoms with van der Waals surface area (Å²) in [5, 5.41) is 10.1. The summed E-state index contributed by atoms with van der Waals surface area (Å²) < 4.78 is 19.1. The first-order chi connectivity index (χ1) is 14.6. The van der Waals surface area contributed by atoms with Gasteiger partial charge in [-0.3, -0.25) is 9.78 Å². The van der Waals surface area contributed by atoms with Gasteiger partial charge in [0, 0.05) is 40.6 Å². The molecule has 0 aliphatic rings. The number of aromatic nitrogens is 2. The van der Waals surface area contributed by atoms with E-state index in [4.69, 9.17) is 4.74 Å². The van der Waals surface area contributed by atoms with E-state index in [1.54, 1.807) is 36.7 Å². The molecular formula is C24H16FN3O2. The molecule has 4 rings (SSSR count). The smallest absolute Gasteiger partial charge is 0.205 e. The Morgan fingerprint density at radius 3 is 2.77 bits per heavy atom. The molecule has 4 aromatic rings. The first-order valence-electron chi connectivity index (χ1n) is 9.19. The van der Waals surface area contributed by atoms with Gasteiger partial charge in [-0.1, -0.05) is 18.2 Å². The Balaban J connectivity index is 1.52. The van der Waals surface area contributed by atoms with Gasteiger partial charge in [-0.05, 0) is 48.0 Å². The molecule has 6 heteroatoms. The van der Waals surface area contributed by atoms with Crippen LogP contribution >= 0.6 is 0 Å². The molecule has 2 aromatic heterocycles. The molecule has 0 saturated heterocycles. The van der Waals surface area contributed by atoms with Crippen LogP contribution in [0.3, 0.4) is 0 Å². The number of aromatic amines is 1. The Morgan fingerprint density at radius 1 is 1.20 bits per heavy atom. The molecule has 0 amide bonds. The molecule has 146 valence electrons. The van der Waals surface area contributed by atoms with Crippen molar-refractivity contribution in [2.24, 2.45) is 0 Å². The first kappa shape index (κ1) is 19.1. The Hall–Kier alpha value is -4.24. The average molecular weight is 397 g/mol. The topological polar surface area (TPSA) is 78.8 Å². The number of hydrogen-bond donors (Lipinski definition) is 1. The molecule has 0 fully saturated rings. The third-order valence-electron chi connectivity index (χ3n) is 4.57. The van der Waals surface area contributed by atoms with Crippen LogP contribution in [0.25, 0.3) is 17.0 Å². The van der Waals surface area contributed by atoms with E-state index in [-0.39, 0.29) is 5.57 Å². The zero-order chi connectivity index (χ0) is 20.9. The second-order valence-corrected chi connectivity index (χ2v) is 6.61. The number of nitrogens with one attached hydrogen (secondary N) is 1. The van der Waals surface area contributed by atoms with Crippen LogP contribution in [0.5, 0.6) is 5.75 Å². The van der Waals surface area contributed by atoms with Crippen molar-refractivity contribution in [3.63, 3.8) is 0 Å². The normalized spacial score (nSPS) is 11.3. The lowest BCUT2D eigenvalue weighted by Gasteiger charge is -2.06. The number of hydrogen-bond acceptors (Lipinski definition) is 4. The number of carbonyl (C=O) groups excluding carboxylic acids is 1. The molecule has 2 heterocycles. The maximum absolute atomic E-state index is 13.4. The number of fused-ring (bicyclic) bond motifs is 1. The van der Waals surface area contributed by atoms with Gasteiger partial charge in [0.15, 0.2) is 0 Å². The minimum atomic E-state index is -0.424. The van der Waals surface area contributed by atoms with Crippen LogP contribution in [0.1, 0.15) is 21.5 Å². The van der Waals surface area contributed by atoms with Crippen LogP contribution in [0.15, 0.2) is 78.8 Å². The van der Waals surface area contributed by atoms with Crippen molar-refractivity contribution in [3.8, 4) is 11.8 Å².